The third-order valence-electron chi connectivity index (χ3n) is 5.44. The number of rotatable bonds is 5. The minimum absolute atomic E-state index is 0.0960. The molecule has 138 valence electrons. The lowest BCUT2D eigenvalue weighted by Gasteiger charge is -2.32. The molecular formula is C19H29N3O3. The molecule has 0 radical (unpaired) electrons. The summed E-state index contributed by atoms with van der Waals surface area (Å²) in [6.45, 7) is 4.59. The summed E-state index contributed by atoms with van der Waals surface area (Å²) in [7, 11) is 7.07. The molecule has 2 amide bonds. The predicted molar refractivity (Wildman–Crippen MR) is 96.8 cm³/mol. The van der Waals surface area contributed by atoms with Crippen LogP contribution in [0.15, 0.2) is 24.3 Å². The number of carbonyl (C=O) groups excluding carboxylic acids is 1. The average Bonchev–Trinajstić information content (AvgIpc) is 3.16. The lowest BCUT2D eigenvalue weighted by atomic mass is 9.89. The number of fused-ring (bicyclic) bond motifs is 1. The first kappa shape index (κ1) is 18.0. The van der Waals surface area contributed by atoms with Gasteiger partial charge in [-0.25, -0.2) is 4.79 Å². The number of amides is 2. The van der Waals surface area contributed by atoms with Crippen molar-refractivity contribution in [2.45, 2.75) is 6.04 Å². The average molecular weight is 347 g/mol. The van der Waals surface area contributed by atoms with Gasteiger partial charge in [-0.3, -0.25) is 0 Å². The SMILES string of the molecule is COCCN1C[C@@H]2CN(C(=O)N(C)C)[C@@H](c3ccc(OC)cc3)[C@@H]2C1. The molecule has 0 bridgehead atoms. The zero-order valence-corrected chi connectivity index (χ0v) is 15.6. The van der Waals surface area contributed by atoms with Gasteiger partial charge < -0.3 is 24.2 Å². The van der Waals surface area contributed by atoms with Crippen LogP contribution in [-0.4, -0.2) is 81.8 Å². The van der Waals surface area contributed by atoms with Crippen LogP contribution in [0.3, 0.4) is 0 Å². The second-order valence-corrected chi connectivity index (χ2v) is 7.22. The summed E-state index contributed by atoms with van der Waals surface area (Å²) < 4.78 is 10.5. The van der Waals surface area contributed by atoms with Crippen LogP contribution in [-0.2, 0) is 4.74 Å². The van der Waals surface area contributed by atoms with Crippen LogP contribution in [0.1, 0.15) is 11.6 Å². The maximum absolute atomic E-state index is 12.7. The highest BCUT2D eigenvalue weighted by Crippen LogP contribution is 2.45. The molecule has 0 aromatic heterocycles. The highest BCUT2D eigenvalue weighted by Gasteiger charge is 2.49. The Labute approximate surface area is 150 Å². The molecule has 6 heteroatoms. The minimum atomic E-state index is 0.0960. The lowest BCUT2D eigenvalue weighted by molar-refractivity contribution is 0.137. The van der Waals surface area contributed by atoms with E-state index in [9.17, 15) is 4.79 Å². The molecule has 0 aliphatic carbocycles. The van der Waals surface area contributed by atoms with Gasteiger partial charge in [0.25, 0.3) is 0 Å². The molecule has 1 aromatic carbocycles. The number of hydrogen-bond donors (Lipinski definition) is 0. The van der Waals surface area contributed by atoms with Crippen molar-refractivity contribution in [3.63, 3.8) is 0 Å². The van der Waals surface area contributed by atoms with Gasteiger partial charge in [-0.15, -0.1) is 0 Å². The van der Waals surface area contributed by atoms with Gasteiger partial charge in [0.05, 0.1) is 19.8 Å². The quantitative estimate of drug-likeness (QED) is 0.816. The monoisotopic (exact) mass is 347 g/mol. The summed E-state index contributed by atoms with van der Waals surface area (Å²) in [6, 6.07) is 8.38. The van der Waals surface area contributed by atoms with Crippen LogP contribution < -0.4 is 4.74 Å². The number of hydrogen-bond acceptors (Lipinski definition) is 4. The van der Waals surface area contributed by atoms with Crippen molar-refractivity contribution < 1.29 is 14.3 Å². The van der Waals surface area contributed by atoms with Crippen molar-refractivity contribution >= 4 is 6.03 Å². The van der Waals surface area contributed by atoms with Crippen LogP contribution >= 0.6 is 0 Å². The van der Waals surface area contributed by atoms with E-state index in [2.05, 4.69) is 17.0 Å². The number of methoxy groups -OCH3 is 2. The van der Waals surface area contributed by atoms with E-state index in [0.717, 1.165) is 38.5 Å². The van der Waals surface area contributed by atoms with Gasteiger partial charge in [0.1, 0.15) is 5.75 Å². The molecule has 2 saturated heterocycles. The van der Waals surface area contributed by atoms with Crippen LogP contribution in [0.2, 0.25) is 0 Å². The molecule has 6 nitrogen and oxygen atoms in total. The van der Waals surface area contributed by atoms with Crippen molar-refractivity contribution in [1.29, 1.82) is 0 Å². The Morgan fingerprint density at radius 3 is 2.48 bits per heavy atom. The number of likely N-dealkylation sites (tertiary alicyclic amines) is 2. The van der Waals surface area contributed by atoms with Crippen LogP contribution in [0.25, 0.3) is 0 Å². The molecule has 2 heterocycles. The molecule has 3 atom stereocenters. The molecule has 3 rings (SSSR count). The largest absolute Gasteiger partial charge is 0.497 e. The Kier molecular flexibility index (Phi) is 5.49. The highest BCUT2D eigenvalue weighted by atomic mass is 16.5. The van der Waals surface area contributed by atoms with E-state index in [1.165, 1.54) is 5.56 Å². The Morgan fingerprint density at radius 2 is 1.88 bits per heavy atom. The van der Waals surface area contributed by atoms with E-state index in [1.54, 1.807) is 19.1 Å². The van der Waals surface area contributed by atoms with Crippen molar-refractivity contribution in [2.75, 3.05) is 61.1 Å². The Balaban J connectivity index is 1.83. The first-order chi connectivity index (χ1) is 12.0. The van der Waals surface area contributed by atoms with Gasteiger partial charge in [-0.2, -0.15) is 0 Å². The number of urea groups is 1. The van der Waals surface area contributed by atoms with Gasteiger partial charge in [0, 0.05) is 53.3 Å². The summed E-state index contributed by atoms with van der Waals surface area (Å²) >= 11 is 0. The number of ether oxygens (including phenoxy) is 2. The first-order valence-corrected chi connectivity index (χ1v) is 8.88. The van der Waals surface area contributed by atoms with Gasteiger partial charge in [-0.1, -0.05) is 12.1 Å². The van der Waals surface area contributed by atoms with E-state index < -0.39 is 0 Å². The molecule has 0 spiro atoms. The zero-order valence-electron chi connectivity index (χ0n) is 15.6. The maximum Gasteiger partial charge on any atom is 0.320 e. The van der Waals surface area contributed by atoms with E-state index in [4.69, 9.17) is 9.47 Å². The van der Waals surface area contributed by atoms with E-state index >= 15 is 0 Å². The Bertz CT molecular complexity index is 590. The van der Waals surface area contributed by atoms with E-state index in [-0.39, 0.29) is 12.1 Å². The fraction of sp³-hybridized carbons (Fsp3) is 0.632. The molecule has 2 aliphatic rings. The molecule has 25 heavy (non-hydrogen) atoms. The van der Waals surface area contributed by atoms with Gasteiger partial charge in [0.15, 0.2) is 0 Å². The van der Waals surface area contributed by atoms with Crippen LogP contribution in [0.4, 0.5) is 4.79 Å². The fourth-order valence-corrected chi connectivity index (χ4v) is 4.22. The normalized spacial score (nSPS) is 25.9. The van der Waals surface area contributed by atoms with Crippen molar-refractivity contribution in [2.24, 2.45) is 11.8 Å². The van der Waals surface area contributed by atoms with Crippen molar-refractivity contribution in [1.82, 2.24) is 14.7 Å². The predicted octanol–water partition coefficient (Wildman–Crippen LogP) is 1.93. The summed E-state index contributed by atoms with van der Waals surface area (Å²) in [6.07, 6.45) is 0. The molecule has 0 unspecified atom stereocenters. The lowest BCUT2D eigenvalue weighted by Crippen LogP contribution is -2.41. The Morgan fingerprint density at radius 1 is 1.16 bits per heavy atom. The number of carbonyl (C=O) groups is 1. The Hall–Kier alpha value is -1.79. The van der Waals surface area contributed by atoms with Crippen molar-refractivity contribution in [3.05, 3.63) is 29.8 Å². The molecule has 0 saturated carbocycles. The maximum atomic E-state index is 12.7. The van der Waals surface area contributed by atoms with Gasteiger partial charge in [0.2, 0.25) is 0 Å². The summed E-state index contributed by atoms with van der Waals surface area (Å²) in [4.78, 5) is 18.9. The molecule has 1 aromatic rings. The summed E-state index contributed by atoms with van der Waals surface area (Å²) in [5.74, 6) is 1.83. The first-order valence-electron chi connectivity index (χ1n) is 8.88. The summed E-state index contributed by atoms with van der Waals surface area (Å²) in [5.41, 5.74) is 1.19. The smallest absolute Gasteiger partial charge is 0.320 e. The second-order valence-electron chi connectivity index (χ2n) is 7.22. The second kappa shape index (κ2) is 7.62. The van der Waals surface area contributed by atoms with Gasteiger partial charge in [-0.05, 0) is 23.6 Å². The minimum Gasteiger partial charge on any atom is -0.497 e. The molecule has 2 fully saturated rings. The highest BCUT2D eigenvalue weighted by molar-refractivity contribution is 5.75. The number of benzene rings is 1. The fourth-order valence-electron chi connectivity index (χ4n) is 4.22. The van der Waals surface area contributed by atoms with Crippen molar-refractivity contribution in [3.8, 4) is 5.75 Å². The van der Waals surface area contributed by atoms with E-state index in [0.29, 0.717) is 11.8 Å². The molecular weight excluding hydrogens is 318 g/mol. The standard InChI is InChI=1S/C19H29N3O3/c1-20(2)19(23)22-12-15-11-21(9-10-24-3)13-17(15)18(22)14-5-7-16(25-4)8-6-14/h5-8,15,17-18H,9-13H2,1-4H3/t15-,17-,18+/m1/s1. The summed E-state index contributed by atoms with van der Waals surface area (Å²) in [5, 5.41) is 0. The third-order valence-corrected chi connectivity index (χ3v) is 5.44. The van der Waals surface area contributed by atoms with Gasteiger partial charge >= 0.3 is 6.03 Å². The van der Waals surface area contributed by atoms with E-state index in [1.807, 2.05) is 31.1 Å². The third kappa shape index (κ3) is 3.60. The number of nitrogens with zero attached hydrogens (tertiary/aromatic N) is 3. The topological polar surface area (TPSA) is 45.2 Å². The molecule has 2 aliphatic heterocycles. The van der Waals surface area contributed by atoms with Crippen LogP contribution in [0.5, 0.6) is 5.75 Å². The van der Waals surface area contributed by atoms with Crippen LogP contribution in [0, 0.1) is 11.8 Å². The zero-order chi connectivity index (χ0) is 18.0. The molecule has 0 N–H and O–H groups in total.